The van der Waals surface area contributed by atoms with Crippen molar-refractivity contribution in [3.8, 4) is 0 Å². The van der Waals surface area contributed by atoms with E-state index in [4.69, 9.17) is 0 Å². The Balaban J connectivity index is 2.30. The fourth-order valence-electron chi connectivity index (χ4n) is 3.51. The van der Waals surface area contributed by atoms with Crippen molar-refractivity contribution in [1.82, 2.24) is 0 Å². The van der Waals surface area contributed by atoms with Gasteiger partial charge in [-0.25, -0.2) is 0 Å². The molecule has 0 aromatic heterocycles. The lowest BCUT2D eigenvalue weighted by Crippen LogP contribution is -2.49. The van der Waals surface area contributed by atoms with Crippen molar-refractivity contribution in [2.24, 2.45) is 22.7 Å². The van der Waals surface area contributed by atoms with Crippen LogP contribution in [0.2, 0.25) is 0 Å². The highest BCUT2D eigenvalue weighted by Crippen LogP contribution is 2.61. The second-order valence-corrected chi connectivity index (χ2v) is 5.89. The molecule has 3 aliphatic rings. The number of hydrogen-bond donors (Lipinski definition) is 0. The fraction of sp³-hybridized carbons (Fsp3) is 1.00. The third-order valence-corrected chi connectivity index (χ3v) is 5.48. The molecular weight excluding hydrogens is 144 g/mol. The van der Waals surface area contributed by atoms with Crippen LogP contribution >= 0.6 is 0 Å². The van der Waals surface area contributed by atoms with E-state index in [0.717, 1.165) is 11.8 Å². The lowest BCUT2D eigenvalue weighted by molar-refractivity contribution is -0.0875. The molecule has 0 aromatic carbocycles. The highest BCUT2D eigenvalue weighted by Gasteiger charge is 2.52. The summed E-state index contributed by atoms with van der Waals surface area (Å²) in [6.45, 7) is 9.96. The third kappa shape index (κ3) is 0.900. The Hall–Kier alpha value is 0. The molecule has 0 aliphatic heterocycles. The Labute approximate surface area is 76.7 Å². The summed E-state index contributed by atoms with van der Waals surface area (Å²) >= 11 is 0. The predicted octanol–water partition coefficient (Wildman–Crippen LogP) is 3.86. The maximum absolute atomic E-state index is 2.51. The second kappa shape index (κ2) is 2.27. The van der Waals surface area contributed by atoms with Crippen molar-refractivity contribution in [2.75, 3.05) is 0 Å². The van der Waals surface area contributed by atoms with Gasteiger partial charge in [0.25, 0.3) is 0 Å². The van der Waals surface area contributed by atoms with E-state index in [-0.39, 0.29) is 0 Å². The molecule has 3 rings (SSSR count). The van der Waals surface area contributed by atoms with Gasteiger partial charge >= 0.3 is 0 Å². The Morgan fingerprint density at radius 2 is 1.00 bits per heavy atom. The van der Waals surface area contributed by atoms with Gasteiger partial charge in [-0.05, 0) is 48.3 Å². The molecule has 0 heteroatoms. The molecule has 2 bridgehead atoms. The van der Waals surface area contributed by atoms with Crippen LogP contribution < -0.4 is 0 Å². The number of rotatable bonds is 0. The molecule has 0 N–H and O–H groups in total. The van der Waals surface area contributed by atoms with Gasteiger partial charge < -0.3 is 0 Å². The van der Waals surface area contributed by atoms with Gasteiger partial charge in [-0.2, -0.15) is 0 Å². The molecule has 3 saturated carbocycles. The van der Waals surface area contributed by atoms with Crippen molar-refractivity contribution >= 4 is 0 Å². The highest BCUT2D eigenvalue weighted by molar-refractivity contribution is 5.02. The van der Waals surface area contributed by atoms with Crippen molar-refractivity contribution in [3.05, 3.63) is 0 Å². The van der Waals surface area contributed by atoms with E-state index in [2.05, 4.69) is 27.7 Å². The Morgan fingerprint density at radius 1 is 0.750 bits per heavy atom. The summed E-state index contributed by atoms with van der Waals surface area (Å²) < 4.78 is 0. The predicted molar refractivity (Wildman–Crippen MR) is 53.0 cm³/mol. The highest BCUT2D eigenvalue weighted by atomic mass is 14.6. The van der Waals surface area contributed by atoms with Crippen LogP contribution in [0.1, 0.15) is 53.4 Å². The Bertz CT molecular complexity index is 162. The summed E-state index contributed by atoms with van der Waals surface area (Å²) in [5.41, 5.74) is 1.38. The maximum Gasteiger partial charge on any atom is -0.0297 e. The van der Waals surface area contributed by atoms with E-state index in [1.54, 1.807) is 0 Å². The zero-order chi connectivity index (χ0) is 8.98. The standard InChI is InChI=1S/C12H22/c1-9-10(2)12(4)7-5-11(9,3)6-8-12/h9-10H,5-8H2,1-4H3. The molecule has 0 saturated heterocycles. The minimum atomic E-state index is 0.692. The van der Waals surface area contributed by atoms with E-state index < -0.39 is 0 Å². The van der Waals surface area contributed by atoms with E-state index in [1.807, 2.05) is 0 Å². The van der Waals surface area contributed by atoms with Crippen LogP contribution in [0.5, 0.6) is 0 Å². The van der Waals surface area contributed by atoms with Gasteiger partial charge in [0.2, 0.25) is 0 Å². The van der Waals surface area contributed by atoms with Crippen LogP contribution in [0.25, 0.3) is 0 Å². The number of hydrogen-bond acceptors (Lipinski definition) is 0. The van der Waals surface area contributed by atoms with E-state index in [9.17, 15) is 0 Å². The van der Waals surface area contributed by atoms with E-state index in [1.165, 1.54) is 25.7 Å². The summed E-state index contributed by atoms with van der Waals surface area (Å²) in [7, 11) is 0. The zero-order valence-electron chi connectivity index (χ0n) is 8.98. The number of fused-ring (bicyclic) bond motifs is 3. The summed E-state index contributed by atoms with van der Waals surface area (Å²) in [4.78, 5) is 0. The molecule has 70 valence electrons. The van der Waals surface area contributed by atoms with Crippen LogP contribution in [-0.4, -0.2) is 0 Å². The monoisotopic (exact) mass is 166 g/mol. The first-order chi connectivity index (χ1) is 5.48. The minimum absolute atomic E-state index is 0.692. The lowest BCUT2D eigenvalue weighted by atomic mass is 9.46. The average molecular weight is 166 g/mol. The first-order valence-electron chi connectivity index (χ1n) is 5.48. The molecule has 0 spiro atoms. The van der Waals surface area contributed by atoms with Gasteiger partial charge in [-0.15, -0.1) is 0 Å². The lowest BCUT2D eigenvalue weighted by Gasteiger charge is -2.59. The van der Waals surface area contributed by atoms with Crippen molar-refractivity contribution < 1.29 is 0 Å². The van der Waals surface area contributed by atoms with Crippen LogP contribution in [0.15, 0.2) is 0 Å². The van der Waals surface area contributed by atoms with Gasteiger partial charge in [0.05, 0.1) is 0 Å². The normalized spacial score (nSPS) is 59.0. The quantitative estimate of drug-likeness (QED) is 0.512. The van der Waals surface area contributed by atoms with Crippen LogP contribution in [0.4, 0.5) is 0 Å². The van der Waals surface area contributed by atoms with Gasteiger partial charge in [0, 0.05) is 0 Å². The molecule has 0 heterocycles. The van der Waals surface area contributed by atoms with Crippen molar-refractivity contribution in [2.45, 2.75) is 53.4 Å². The Kier molecular flexibility index (Phi) is 1.63. The molecule has 3 aliphatic carbocycles. The molecule has 0 aromatic rings. The molecule has 2 unspecified atom stereocenters. The van der Waals surface area contributed by atoms with Gasteiger partial charge in [-0.3, -0.25) is 0 Å². The smallest absolute Gasteiger partial charge is 0.0297 e. The molecule has 12 heavy (non-hydrogen) atoms. The Morgan fingerprint density at radius 3 is 1.25 bits per heavy atom. The van der Waals surface area contributed by atoms with E-state index in [0.29, 0.717) is 10.8 Å². The molecule has 2 atom stereocenters. The SMILES string of the molecule is CC1C(C)C2(C)CCC1(C)CC2. The zero-order valence-corrected chi connectivity index (χ0v) is 8.98. The van der Waals surface area contributed by atoms with Crippen molar-refractivity contribution in [3.63, 3.8) is 0 Å². The third-order valence-electron chi connectivity index (χ3n) is 5.48. The molecule has 0 radical (unpaired) electrons. The second-order valence-electron chi connectivity index (χ2n) is 5.89. The topological polar surface area (TPSA) is 0 Å². The first kappa shape index (κ1) is 8.59. The van der Waals surface area contributed by atoms with Crippen LogP contribution in [-0.2, 0) is 0 Å². The van der Waals surface area contributed by atoms with Gasteiger partial charge in [0.15, 0.2) is 0 Å². The molecule has 0 amide bonds. The molecule has 0 nitrogen and oxygen atoms in total. The van der Waals surface area contributed by atoms with Crippen LogP contribution in [0.3, 0.4) is 0 Å². The summed E-state index contributed by atoms with van der Waals surface area (Å²) in [6, 6.07) is 0. The summed E-state index contributed by atoms with van der Waals surface area (Å²) in [6.07, 6.45) is 5.92. The van der Waals surface area contributed by atoms with Crippen LogP contribution in [0, 0.1) is 22.7 Å². The van der Waals surface area contributed by atoms with Crippen molar-refractivity contribution in [1.29, 1.82) is 0 Å². The maximum atomic E-state index is 2.51. The summed E-state index contributed by atoms with van der Waals surface area (Å²) in [5, 5.41) is 0. The molecule has 3 fully saturated rings. The van der Waals surface area contributed by atoms with Gasteiger partial charge in [0.1, 0.15) is 0 Å². The molecular formula is C12H22. The van der Waals surface area contributed by atoms with E-state index >= 15 is 0 Å². The first-order valence-corrected chi connectivity index (χ1v) is 5.48. The fourth-order valence-corrected chi connectivity index (χ4v) is 3.51. The largest absolute Gasteiger partial charge is 0.0617 e. The average Bonchev–Trinajstić information content (AvgIpc) is 2.06. The van der Waals surface area contributed by atoms with Gasteiger partial charge in [-0.1, -0.05) is 27.7 Å². The minimum Gasteiger partial charge on any atom is -0.0617 e. The summed E-state index contributed by atoms with van der Waals surface area (Å²) in [5.74, 6) is 1.90.